The van der Waals surface area contributed by atoms with Gasteiger partial charge in [-0.3, -0.25) is 9.69 Å². The lowest BCUT2D eigenvalue weighted by molar-refractivity contribution is 0.112. The molecule has 0 spiro atoms. The van der Waals surface area contributed by atoms with E-state index < -0.39 is 0 Å². The summed E-state index contributed by atoms with van der Waals surface area (Å²) >= 11 is 0. The third kappa shape index (κ3) is 3.14. The van der Waals surface area contributed by atoms with Crippen LogP contribution >= 0.6 is 0 Å². The summed E-state index contributed by atoms with van der Waals surface area (Å²) < 4.78 is 13.5. The minimum Gasteiger partial charge on any atom is -0.489 e. The third-order valence-corrected chi connectivity index (χ3v) is 5.76. The van der Waals surface area contributed by atoms with Gasteiger partial charge in [-0.05, 0) is 43.9 Å². The van der Waals surface area contributed by atoms with Crippen molar-refractivity contribution < 1.29 is 19.1 Å². The molecule has 8 heteroatoms. The molecule has 5 rings (SSSR count). The molecule has 3 aromatic rings. The second-order valence-corrected chi connectivity index (χ2v) is 7.62. The molecule has 1 fully saturated rings. The van der Waals surface area contributed by atoms with Gasteiger partial charge in [-0.25, -0.2) is 9.31 Å². The average Bonchev–Trinajstić information content (AvgIpc) is 3.06. The van der Waals surface area contributed by atoms with E-state index >= 15 is 0 Å². The Labute approximate surface area is 173 Å². The molecule has 8 nitrogen and oxygen atoms in total. The van der Waals surface area contributed by atoms with Crippen molar-refractivity contribution in [1.82, 2.24) is 14.9 Å². The van der Waals surface area contributed by atoms with E-state index in [-0.39, 0.29) is 12.1 Å². The second-order valence-electron chi connectivity index (χ2n) is 7.62. The smallest absolute Gasteiger partial charge is 0.322 e. The summed E-state index contributed by atoms with van der Waals surface area (Å²) in [6.45, 7) is 2.80. The van der Waals surface area contributed by atoms with Gasteiger partial charge >= 0.3 is 6.03 Å². The van der Waals surface area contributed by atoms with E-state index in [1.807, 2.05) is 19.1 Å². The molecular weight excluding hydrogens is 384 g/mol. The van der Waals surface area contributed by atoms with Crippen LogP contribution in [0, 0.1) is 6.92 Å². The maximum absolute atomic E-state index is 12.6. The fraction of sp³-hybridized carbons (Fsp3) is 0.318. The topological polar surface area (TPSA) is 85.2 Å². The van der Waals surface area contributed by atoms with Crippen LogP contribution in [0.25, 0.3) is 5.52 Å². The molecule has 1 saturated carbocycles. The summed E-state index contributed by atoms with van der Waals surface area (Å²) in [5.41, 5.74) is 2.84. The molecule has 2 aliphatic rings. The van der Waals surface area contributed by atoms with Gasteiger partial charge in [-0.15, -0.1) is 0 Å². The number of anilines is 1. The highest BCUT2D eigenvalue weighted by Gasteiger charge is 2.28. The molecule has 2 amide bonds. The summed E-state index contributed by atoms with van der Waals surface area (Å²) in [5, 5.41) is 7.33. The van der Waals surface area contributed by atoms with E-state index in [2.05, 4.69) is 10.4 Å². The SMILES string of the molecule is Cc1c(C=O)cn2nccc(Oc3ccc4c(c3)OCCN4C(=O)NC3CCC3)c12. The monoisotopic (exact) mass is 406 g/mol. The Hall–Kier alpha value is -3.55. The standard InChI is InChI=1S/C22H22N4O4/c1-14-15(13-27)12-26-21(14)19(7-8-23-26)30-17-5-6-18-20(11-17)29-10-9-25(18)22(28)24-16-3-2-4-16/h5-8,11-13,16H,2-4,9-10H2,1H3,(H,24,28). The van der Waals surface area contributed by atoms with Crippen LogP contribution in [0.3, 0.4) is 0 Å². The van der Waals surface area contributed by atoms with E-state index in [0.717, 1.165) is 35.9 Å². The summed E-state index contributed by atoms with van der Waals surface area (Å²) in [6.07, 6.45) is 7.37. The van der Waals surface area contributed by atoms with Crippen LogP contribution in [-0.2, 0) is 0 Å². The van der Waals surface area contributed by atoms with E-state index in [1.54, 1.807) is 33.9 Å². The predicted octanol–water partition coefficient (Wildman–Crippen LogP) is 3.71. The van der Waals surface area contributed by atoms with Gasteiger partial charge in [-0.1, -0.05) is 0 Å². The summed E-state index contributed by atoms with van der Waals surface area (Å²) in [6, 6.07) is 7.39. The minimum absolute atomic E-state index is 0.0843. The van der Waals surface area contributed by atoms with Crippen molar-refractivity contribution >= 4 is 23.5 Å². The Balaban J connectivity index is 1.42. The van der Waals surface area contributed by atoms with Crippen molar-refractivity contribution in [2.75, 3.05) is 18.1 Å². The zero-order chi connectivity index (χ0) is 20.7. The van der Waals surface area contributed by atoms with Crippen molar-refractivity contribution in [3.63, 3.8) is 0 Å². The quantitative estimate of drug-likeness (QED) is 0.668. The van der Waals surface area contributed by atoms with Gasteiger partial charge in [0.15, 0.2) is 12.0 Å². The van der Waals surface area contributed by atoms with Crippen molar-refractivity contribution in [1.29, 1.82) is 0 Å². The molecule has 1 aliphatic heterocycles. The number of rotatable bonds is 4. The number of carbonyl (C=O) groups excluding carboxylic acids is 2. The van der Waals surface area contributed by atoms with E-state index in [1.165, 1.54) is 6.42 Å². The summed E-state index contributed by atoms with van der Waals surface area (Å²) in [7, 11) is 0. The van der Waals surface area contributed by atoms with E-state index in [9.17, 15) is 9.59 Å². The Bertz CT molecular complexity index is 1140. The number of hydrogen-bond donors (Lipinski definition) is 1. The number of urea groups is 1. The van der Waals surface area contributed by atoms with Crippen LogP contribution in [0.5, 0.6) is 17.2 Å². The first kappa shape index (κ1) is 18.5. The lowest BCUT2D eigenvalue weighted by Crippen LogP contribution is -2.49. The molecule has 1 aliphatic carbocycles. The van der Waals surface area contributed by atoms with Gasteiger partial charge in [0.1, 0.15) is 23.6 Å². The highest BCUT2D eigenvalue weighted by atomic mass is 16.5. The predicted molar refractivity (Wildman–Crippen MR) is 111 cm³/mol. The first-order valence-corrected chi connectivity index (χ1v) is 10.1. The van der Waals surface area contributed by atoms with Gasteiger partial charge in [0.05, 0.1) is 18.4 Å². The second kappa shape index (κ2) is 7.37. The number of benzene rings is 1. The summed E-state index contributed by atoms with van der Waals surface area (Å²) in [5.74, 6) is 1.77. The molecule has 1 aromatic carbocycles. The number of ether oxygens (including phenoxy) is 2. The van der Waals surface area contributed by atoms with E-state index in [4.69, 9.17) is 9.47 Å². The van der Waals surface area contributed by atoms with Gasteiger partial charge in [-0.2, -0.15) is 5.10 Å². The Kier molecular flexibility index (Phi) is 4.54. The van der Waals surface area contributed by atoms with Crippen LogP contribution in [0.1, 0.15) is 35.2 Å². The lowest BCUT2D eigenvalue weighted by Gasteiger charge is -2.33. The molecule has 0 radical (unpaired) electrons. The van der Waals surface area contributed by atoms with E-state index in [0.29, 0.717) is 36.0 Å². The van der Waals surface area contributed by atoms with Crippen LogP contribution in [0.2, 0.25) is 0 Å². The molecule has 0 unspecified atom stereocenters. The molecule has 1 N–H and O–H groups in total. The molecule has 0 saturated heterocycles. The fourth-order valence-corrected chi connectivity index (χ4v) is 3.85. The minimum atomic E-state index is -0.0843. The normalized spacial score (nSPS) is 15.8. The van der Waals surface area contributed by atoms with Crippen LogP contribution < -0.4 is 19.7 Å². The average molecular weight is 406 g/mol. The highest BCUT2D eigenvalue weighted by molar-refractivity contribution is 5.94. The number of carbonyl (C=O) groups is 2. The van der Waals surface area contributed by atoms with Crippen LogP contribution in [-0.4, -0.2) is 41.1 Å². The zero-order valence-corrected chi connectivity index (χ0v) is 16.6. The zero-order valence-electron chi connectivity index (χ0n) is 16.6. The number of nitrogens with zero attached hydrogens (tertiary/aromatic N) is 3. The van der Waals surface area contributed by atoms with Crippen LogP contribution in [0.15, 0.2) is 36.7 Å². The molecule has 0 bridgehead atoms. The lowest BCUT2D eigenvalue weighted by atomic mass is 9.93. The number of aromatic nitrogens is 2. The first-order chi connectivity index (χ1) is 14.6. The molecule has 30 heavy (non-hydrogen) atoms. The van der Waals surface area contributed by atoms with Crippen molar-refractivity contribution in [2.24, 2.45) is 0 Å². The number of fused-ring (bicyclic) bond motifs is 2. The Morgan fingerprint density at radius 2 is 2.20 bits per heavy atom. The fourth-order valence-electron chi connectivity index (χ4n) is 3.85. The highest BCUT2D eigenvalue weighted by Crippen LogP contribution is 2.38. The molecule has 3 heterocycles. The van der Waals surface area contributed by atoms with Gasteiger partial charge in [0, 0.05) is 29.9 Å². The Morgan fingerprint density at radius 1 is 1.33 bits per heavy atom. The van der Waals surface area contributed by atoms with Crippen molar-refractivity contribution in [3.05, 3.63) is 47.8 Å². The maximum Gasteiger partial charge on any atom is 0.322 e. The van der Waals surface area contributed by atoms with Crippen molar-refractivity contribution in [2.45, 2.75) is 32.2 Å². The number of amides is 2. The molecular formula is C22H22N4O4. The largest absolute Gasteiger partial charge is 0.489 e. The Morgan fingerprint density at radius 3 is 2.97 bits per heavy atom. The molecule has 2 aromatic heterocycles. The number of nitrogens with one attached hydrogen (secondary N) is 1. The number of aldehydes is 1. The number of hydrogen-bond acceptors (Lipinski definition) is 5. The van der Waals surface area contributed by atoms with Gasteiger partial charge in [0.25, 0.3) is 0 Å². The number of aryl methyl sites for hydroxylation is 1. The van der Waals surface area contributed by atoms with Gasteiger partial charge in [0.2, 0.25) is 0 Å². The molecule has 0 atom stereocenters. The maximum atomic E-state index is 12.6. The van der Waals surface area contributed by atoms with Crippen LogP contribution in [0.4, 0.5) is 10.5 Å². The summed E-state index contributed by atoms with van der Waals surface area (Å²) in [4.78, 5) is 25.6. The van der Waals surface area contributed by atoms with Crippen molar-refractivity contribution in [3.8, 4) is 17.2 Å². The first-order valence-electron chi connectivity index (χ1n) is 10.1. The molecule has 154 valence electrons. The van der Waals surface area contributed by atoms with Gasteiger partial charge < -0.3 is 14.8 Å². The third-order valence-electron chi connectivity index (χ3n) is 5.76.